The molecule has 1 saturated heterocycles. The van der Waals surface area contributed by atoms with E-state index in [2.05, 4.69) is 42.0 Å². The van der Waals surface area contributed by atoms with Gasteiger partial charge in [0, 0.05) is 25.7 Å². The van der Waals surface area contributed by atoms with Crippen LogP contribution in [0.3, 0.4) is 0 Å². The van der Waals surface area contributed by atoms with Crippen molar-refractivity contribution in [2.24, 2.45) is 0 Å². The van der Waals surface area contributed by atoms with Crippen LogP contribution >= 0.6 is 11.5 Å². The number of urea groups is 1. The van der Waals surface area contributed by atoms with Gasteiger partial charge >= 0.3 is 6.03 Å². The van der Waals surface area contributed by atoms with E-state index in [0.29, 0.717) is 16.5 Å². The van der Waals surface area contributed by atoms with Gasteiger partial charge in [0.2, 0.25) is 0 Å². The Labute approximate surface area is 191 Å². The molecule has 4 aromatic rings. The highest BCUT2D eigenvalue weighted by Crippen LogP contribution is 2.27. The maximum atomic E-state index is 13.7. The summed E-state index contributed by atoms with van der Waals surface area (Å²) in [5, 5.41) is 5.13. The number of amides is 2. The first-order valence-corrected chi connectivity index (χ1v) is 11.1. The summed E-state index contributed by atoms with van der Waals surface area (Å²) in [6.07, 6.45) is 0. The molecule has 0 atom stereocenters. The van der Waals surface area contributed by atoms with Gasteiger partial charge in [-0.05, 0) is 41.4 Å². The molecule has 0 saturated carbocycles. The second-order valence-corrected chi connectivity index (χ2v) is 8.38. The van der Waals surface area contributed by atoms with Gasteiger partial charge in [0.05, 0.1) is 24.2 Å². The van der Waals surface area contributed by atoms with E-state index in [9.17, 15) is 13.6 Å². The van der Waals surface area contributed by atoms with Gasteiger partial charge in [-0.15, -0.1) is 0 Å². The number of hydrogen-bond acceptors (Lipinski definition) is 6. The Bertz CT molecular complexity index is 1280. The average molecular weight is 471 g/mol. The molecule has 0 aliphatic carbocycles. The van der Waals surface area contributed by atoms with Crippen LogP contribution in [-0.4, -0.2) is 51.6 Å². The minimum absolute atomic E-state index is 0.410. The van der Waals surface area contributed by atoms with E-state index in [0.717, 1.165) is 67.5 Å². The number of rotatable bonds is 5. The summed E-state index contributed by atoms with van der Waals surface area (Å²) in [4.78, 5) is 22.4. The molecule has 0 radical (unpaired) electrons. The SMILES string of the molecule is O=C(Nc1cc(-c2nc3ccc(CN4CCOCC4)cc3[nH]2)ns1)Nc1c(F)cccc1F. The van der Waals surface area contributed by atoms with Crippen molar-refractivity contribution in [3.05, 3.63) is 59.7 Å². The van der Waals surface area contributed by atoms with E-state index >= 15 is 0 Å². The van der Waals surface area contributed by atoms with E-state index in [1.54, 1.807) is 6.07 Å². The van der Waals surface area contributed by atoms with Gasteiger partial charge in [0.15, 0.2) is 5.82 Å². The van der Waals surface area contributed by atoms with Crippen molar-refractivity contribution in [2.45, 2.75) is 6.54 Å². The molecule has 3 heterocycles. The predicted molar refractivity (Wildman–Crippen MR) is 122 cm³/mol. The molecule has 2 aromatic heterocycles. The van der Waals surface area contributed by atoms with Gasteiger partial charge in [-0.3, -0.25) is 10.2 Å². The van der Waals surface area contributed by atoms with Crippen LogP contribution in [-0.2, 0) is 11.3 Å². The maximum absolute atomic E-state index is 13.7. The summed E-state index contributed by atoms with van der Waals surface area (Å²) in [5.74, 6) is -1.14. The summed E-state index contributed by atoms with van der Waals surface area (Å²) >= 11 is 1.04. The van der Waals surface area contributed by atoms with Crippen molar-refractivity contribution >= 4 is 39.3 Å². The van der Waals surface area contributed by atoms with E-state index in [-0.39, 0.29) is 0 Å². The molecule has 11 heteroatoms. The maximum Gasteiger partial charge on any atom is 0.324 e. The zero-order valence-electron chi connectivity index (χ0n) is 17.4. The van der Waals surface area contributed by atoms with Crippen molar-refractivity contribution < 1.29 is 18.3 Å². The third-order valence-corrected chi connectivity index (χ3v) is 5.95. The number of hydrogen-bond donors (Lipinski definition) is 3. The number of carbonyl (C=O) groups excluding carboxylic acids is 1. The molecule has 1 aliphatic heterocycles. The fourth-order valence-corrected chi connectivity index (χ4v) is 4.25. The van der Waals surface area contributed by atoms with Crippen molar-refractivity contribution in [1.82, 2.24) is 19.2 Å². The highest BCUT2D eigenvalue weighted by atomic mass is 32.1. The van der Waals surface area contributed by atoms with E-state index in [1.807, 2.05) is 6.07 Å². The number of H-pyrrole nitrogens is 1. The minimum Gasteiger partial charge on any atom is -0.379 e. The van der Waals surface area contributed by atoms with Crippen LogP contribution in [0, 0.1) is 11.6 Å². The number of para-hydroxylation sites is 1. The number of ether oxygens (including phenoxy) is 1. The first-order valence-electron chi connectivity index (χ1n) is 10.3. The van der Waals surface area contributed by atoms with Crippen LogP contribution in [0.15, 0.2) is 42.5 Å². The van der Waals surface area contributed by atoms with Crippen LogP contribution in [0.1, 0.15) is 5.56 Å². The Morgan fingerprint density at radius 1 is 1.12 bits per heavy atom. The number of carbonyl (C=O) groups is 1. The molecular weight excluding hydrogens is 450 g/mol. The molecule has 1 fully saturated rings. The second-order valence-electron chi connectivity index (χ2n) is 7.58. The second kappa shape index (κ2) is 9.22. The number of morpholine rings is 1. The zero-order valence-corrected chi connectivity index (χ0v) is 18.2. The topological polar surface area (TPSA) is 95.2 Å². The lowest BCUT2D eigenvalue weighted by Crippen LogP contribution is -2.35. The van der Waals surface area contributed by atoms with E-state index in [1.165, 1.54) is 11.6 Å². The van der Waals surface area contributed by atoms with Gasteiger partial charge in [-0.25, -0.2) is 18.6 Å². The Morgan fingerprint density at radius 3 is 2.70 bits per heavy atom. The fourth-order valence-electron chi connectivity index (χ4n) is 3.61. The highest BCUT2D eigenvalue weighted by Gasteiger charge is 2.15. The highest BCUT2D eigenvalue weighted by molar-refractivity contribution is 7.10. The standard InChI is InChI=1S/C22H20F2N6O2S/c23-14-2-1-3-15(24)20(14)28-22(31)27-19-11-18(29-33-19)21-25-16-5-4-13(10-17(16)26-21)12-30-6-8-32-9-7-30/h1-5,10-11H,6-9,12H2,(H,25,26)(H2,27,28,31). The van der Waals surface area contributed by atoms with Crippen LogP contribution in [0.2, 0.25) is 0 Å². The lowest BCUT2D eigenvalue weighted by molar-refractivity contribution is 0.0342. The molecule has 5 rings (SSSR count). The number of halogens is 2. The summed E-state index contributed by atoms with van der Waals surface area (Å²) in [7, 11) is 0. The summed E-state index contributed by atoms with van der Waals surface area (Å²) in [6.45, 7) is 4.18. The first-order chi connectivity index (χ1) is 16.0. The molecule has 3 N–H and O–H groups in total. The molecule has 0 unspecified atom stereocenters. The molecule has 2 amide bonds. The largest absolute Gasteiger partial charge is 0.379 e. The van der Waals surface area contributed by atoms with Crippen molar-refractivity contribution in [3.8, 4) is 11.5 Å². The Morgan fingerprint density at radius 2 is 1.91 bits per heavy atom. The fraction of sp³-hybridized carbons (Fsp3) is 0.227. The minimum atomic E-state index is -0.856. The molecular formula is C22H20F2N6O2S. The average Bonchev–Trinajstić information content (AvgIpc) is 3.44. The number of imidazole rings is 1. The third kappa shape index (κ3) is 4.85. The monoisotopic (exact) mass is 470 g/mol. The van der Waals surface area contributed by atoms with Gasteiger partial charge < -0.3 is 15.0 Å². The molecule has 33 heavy (non-hydrogen) atoms. The smallest absolute Gasteiger partial charge is 0.324 e. The van der Waals surface area contributed by atoms with E-state index < -0.39 is 23.4 Å². The van der Waals surface area contributed by atoms with Crippen LogP contribution in [0.5, 0.6) is 0 Å². The lowest BCUT2D eigenvalue weighted by Gasteiger charge is -2.26. The normalized spacial score (nSPS) is 14.5. The summed E-state index contributed by atoms with van der Waals surface area (Å²) in [5.41, 5.74) is 2.93. The number of nitrogens with zero attached hydrogens (tertiary/aromatic N) is 3. The van der Waals surface area contributed by atoms with Gasteiger partial charge in [-0.2, -0.15) is 4.37 Å². The molecule has 0 spiro atoms. The predicted octanol–water partition coefficient (Wildman–Crippen LogP) is 4.44. The number of nitrogens with one attached hydrogen (secondary N) is 3. The van der Waals surface area contributed by atoms with Gasteiger partial charge in [0.1, 0.15) is 28.0 Å². The number of aromatic nitrogens is 3. The quantitative estimate of drug-likeness (QED) is 0.401. The lowest BCUT2D eigenvalue weighted by atomic mass is 10.2. The molecule has 0 bridgehead atoms. The Balaban J connectivity index is 1.27. The molecule has 2 aromatic carbocycles. The molecule has 1 aliphatic rings. The molecule has 8 nitrogen and oxygen atoms in total. The first kappa shape index (κ1) is 21.4. The van der Waals surface area contributed by atoms with Crippen LogP contribution in [0.25, 0.3) is 22.6 Å². The van der Waals surface area contributed by atoms with Crippen LogP contribution < -0.4 is 10.6 Å². The van der Waals surface area contributed by atoms with Crippen LogP contribution in [0.4, 0.5) is 24.3 Å². The van der Waals surface area contributed by atoms with Gasteiger partial charge in [0.25, 0.3) is 0 Å². The number of fused-ring (bicyclic) bond motifs is 1. The number of aromatic amines is 1. The number of benzene rings is 2. The summed E-state index contributed by atoms with van der Waals surface area (Å²) < 4.78 is 37.2. The van der Waals surface area contributed by atoms with Crippen molar-refractivity contribution in [1.29, 1.82) is 0 Å². The zero-order chi connectivity index (χ0) is 22.8. The van der Waals surface area contributed by atoms with Crippen molar-refractivity contribution in [2.75, 3.05) is 36.9 Å². The summed E-state index contributed by atoms with van der Waals surface area (Å²) in [6, 6.07) is 10.3. The third-order valence-electron chi connectivity index (χ3n) is 5.25. The molecule has 170 valence electrons. The van der Waals surface area contributed by atoms with Crippen molar-refractivity contribution in [3.63, 3.8) is 0 Å². The Hall–Kier alpha value is -3.41. The van der Waals surface area contributed by atoms with Gasteiger partial charge in [-0.1, -0.05) is 12.1 Å². The van der Waals surface area contributed by atoms with E-state index in [4.69, 9.17) is 4.74 Å². The number of anilines is 2. The Kier molecular flexibility index (Phi) is 5.99.